The summed E-state index contributed by atoms with van der Waals surface area (Å²) in [6.45, 7) is 5.03. The first-order chi connectivity index (χ1) is 10.5. The van der Waals surface area contributed by atoms with E-state index in [0.29, 0.717) is 13.0 Å². The largest absolute Gasteiger partial charge is 0.445 e. The Balaban J connectivity index is 1.73. The second-order valence-corrected chi connectivity index (χ2v) is 6.42. The van der Waals surface area contributed by atoms with E-state index in [4.69, 9.17) is 4.74 Å². The Bertz CT molecular complexity index is 573. The molecule has 0 saturated carbocycles. The number of likely N-dealkylation sites (tertiary alicyclic amines) is 1. The van der Waals surface area contributed by atoms with Gasteiger partial charge in [-0.05, 0) is 17.9 Å². The number of rotatable bonds is 3. The zero-order valence-electron chi connectivity index (χ0n) is 13.0. The van der Waals surface area contributed by atoms with Gasteiger partial charge in [-0.15, -0.1) is 0 Å². The molecule has 1 aromatic rings. The van der Waals surface area contributed by atoms with Crippen molar-refractivity contribution in [1.29, 1.82) is 0 Å². The van der Waals surface area contributed by atoms with Crippen molar-refractivity contribution in [3.63, 3.8) is 0 Å². The summed E-state index contributed by atoms with van der Waals surface area (Å²) in [5, 5.41) is 3.01. The molecule has 0 bridgehead atoms. The Labute approximate surface area is 130 Å². The molecule has 3 rings (SSSR count). The number of carbonyl (C=O) groups excluding carboxylic acids is 2. The van der Waals surface area contributed by atoms with E-state index in [9.17, 15) is 9.59 Å². The normalized spacial score (nSPS) is 27.0. The molecule has 2 atom stereocenters. The van der Waals surface area contributed by atoms with Crippen LogP contribution in [0.1, 0.15) is 32.3 Å². The molecule has 0 radical (unpaired) electrons. The number of nitrogens with one attached hydrogen (secondary N) is 1. The molecule has 1 N–H and O–H groups in total. The number of benzene rings is 1. The minimum absolute atomic E-state index is 0.0271. The van der Waals surface area contributed by atoms with Crippen molar-refractivity contribution < 1.29 is 14.3 Å². The highest BCUT2D eigenvalue weighted by molar-refractivity contribution is 5.83. The highest BCUT2D eigenvalue weighted by Gasteiger charge is 2.58. The van der Waals surface area contributed by atoms with Crippen LogP contribution in [0, 0.1) is 5.92 Å². The zero-order chi connectivity index (χ0) is 15.7. The van der Waals surface area contributed by atoms with Gasteiger partial charge < -0.3 is 10.1 Å². The van der Waals surface area contributed by atoms with Gasteiger partial charge in [0.2, 0.25) is 5.91 Å². The summed E-state index contributed by atoms with van der Waals surface area (Å²) in [5.41, 5.74) is 0.524. The zero-order valence-corrected chi connectivity index (χ0v) is 13.0. The number of nitrogens with zero attached hydrogens (tertiary/aromatic N) is 1. The van der Waals surface area contributed by atoms with Crippen LogP contribution in [0.5, 0.6) is 0 Å². The average Bonchev–Trinajstić information content (AvgIpc) is 3.01. The quantitative estimate of drug-likeness (QED) is 0.932. The van der Waals surface area contributed by atoms with Crippen LogP contribution in [0.25, 0.3) is 0 Å². The van der Waals surface area contributed by atoms with E-state index in [1.807, 2.05) is 30.3 Å². The molecule has 2 fully saturated rings. The van der Waals surface area contributed by atoms with Crippen LogP contribution in [0.4, 0.5) is 4.79 Å². The van der Waals surface area contributed by atoms with Gasteiger partial charge in [0, 0.05) is 6.54 Å². The Morgan fingerprint density at radius 2 is 2.14 bits per heavy atom. The molecule has 22 heavy (non-hydrogen) atoms. The van der Waals surface area contributed by atoms with Crippen molar-refractivity contribution in [2.75, 3.05) is 6.54 Å². The monoisotopic (exact) mass is 302 g/mol. The summed E-state index contributed by atoms with van der Waals surface area (Å²) < 4.78 is 5.48. The molecule has 2 aliphatic rings. The lowest BCUT2D eigenvalue weighted by Crippen LogP contribution is -2.55. The van der Waals surface area contributed by atoms with Crippen LogP contribution in [-0.2, 0) is 16.1 Å². The summed E-state index contributed by atoms with van der Waals surface area (Å²) in [5.74, 6) is 0.225. The molecule has 5 nitrogen and oxygen atoms in total. The molecule has 2 amide bonds. The lowest BCUT2D eigenvalue weighted by atomic mass is 9.80. The third-order valence-corrected chi connectivity index (χ3v) is 4.95. The predicted molar refractivity (Wildman–Crippen MR) is 82.1 cm³/mol. The fourth-order valence-electron chi connectivity index (χ4n) is 3.80. The molecule has 2 saturated heterocycles. The van der Waals surface area contributed by atoms with Gasteiger partial charge in [0.05, 0.1) is 18.0 Å². The fourth-order valence-corrected chi connectivity index (χ4v) is 3.80. The number of fused-ring (bicyclic) bond motifs is 1. The highest BCUT2D eigenvalue weighted by Crippen LogP contribution is 2.42. The van der Waals surface area contributed by atoms with Crippen molar-refractivity contribution in [2.24, 2.45) is 5.92 Å². The van der Waals surface area contributed by atoms with Crippen LogP contribution >= 0.6 is 0 Å². The van der Waals surface area contributed by atoms with Crippen LogP contribution in [0.2, 0.25) is 0 Å². The maximum absolute atomic E-state index is 12.5. The smallest absolute Gasteiger partial charge is 0.410 e. The first-order valence-corrected chi connectivity index (χ1v) is 7.81. The third-order valence-electron chi connectivity index (χ3n) is 4.95. The summed E-state index contributed by atoms with van der Waals surface area (Å²) in [6, 6.07) is 9.68. The minimum Gasteiger partial charge on any atom is -0.445 e. The predicted octanol–water partition coefficient (Wildman–Crippen LogP) is 2.31. The Morgan fingerprint density at radius 1 is 1.41 bits per heavy atom. The Hall–Kier alpha value is -2.04. The lowest BCUT2D eigenvalue weighted by molar-refractivity contribution is -0.120. The van der Waals surface area contributed by atoms with Crippen LogP contribution in [-0.4, -0.2) is 35.0 Å². The Kier molecular flexibility index (Phi) is 3.81. The molecular formula is C17H22N2O3. The van der Waals surface area contributed by atoms with E-state index in [-0.39, 0.29) is 30.6 Å². The molecular weight excluding hydrogens is 280 g/mol. The highest BCUT2D eigenvalue weighted by atomic mass is 16.6. The van der Waals surface area contributed by atoms with Gasteiger partial charge in [-0.1, -0.05) is 44.2 Å². The molecule has 1 aromatic carbocycles. The number of hydrogen-bond acceptors (Lipinski definition) is 3. The van der Waals surface area contributed by atoms with E-state index in [1.54, 1.807) is 4.90 Å². The number of carbonyl (C=O) groups is 2. The molecule has 118 valence electrons. The maximum atomic E-state index is 12.5. The standard InChI is InChI=1S/C17H22N2O3/c1-12(2)17-10-15(20)18-14(17)8-9-19(17)16(21)22-11-13-6-4-3-5-7-13/h3-7,12,14H,8-11H2,1-2H3,(H,18,20). The van der Waals surface area contributed by atoms with Crippen molar-refractivity contribution in [3.05, 3.63) is 35.9 Å². The first-order valence-electron chi connectivity index (χ1n) is 7.81. The van der Waals surface area contributed by atoms with Gasteiger partial charge in [-0.25, -0.2) is 4.79 Å². The van der Waals surface area contributed by atoms with Gasteiger partial charge in [0.25, 0.3) is 0 Å². The van der Waals surface area contributed by atoms with E-state index < -0.39 is 5.54 Å². The van der Waals surface area contributed by atoms with Gasteiger partial charge in [-0.2, -0.15) is 0 Å². The van der Waals surface area contributed by atoms with Crippen LogP contribution in [0.3, 0.4) is 0 Å². The molecule has 5 heteroatoms. The van der Waals surface area contributed by atoms with Crippen molar-refractivity contribution in [3.8, 4) is 0 Å². The summed E-state index contributed by atoms with van der Waals surface area (Å²) in [4.78, 5) is 26.1. The Morgan fingerprint density at radius 3 is 2.82 bits per heavy atom. The number of ether oxygens (including phenoxy) is 1. The second kappa shape index (κ2) is 5.63. The van der Waals surface area contributed by atoms with E-state index in [0.717, 1.165) is 12.0 Å². The maximum Gasteiger partial charge on any atom is 0.410 e. The summed E-state index contributed by atoms with van der Waals surface area (Å²) in [6.07, 6.45) is 0.844. The summed E-state index contributed by atoms with van der Waals surface area (Å²) in [7, 11) is 0. The lowest BCUT2D eigenvalue weighted by Gasteiger charge is -2.40. The second-order valence-electron chi connectivity index (χ2n) is 6.42. The van der Waals surface area contributed by atoms with Gasteiger partial charge in [-0.3, -0.25) is 9.69 Å². The molecule has 0 spiro atoms. The van der Waals surface area contributed by atoms with Gasteiger partial charge in [0.1, 0.15) is 6.61 Å². The molecule has 2 unspecified atom stereocenters. The molecule has 2 heterocycles. The first kappa shape index (κ1) is 14.9. The SMILES string of the molecule is CC(C)C12CC(=O)NC1CCN2C(=O)OCc1ccccc1. The summed E-state index contributed by atoms with van der Waals surface area (Å²) >= 11 is 0. The van der Waals surface area contributed by atoms with E-state index in [2.05, 4.69) is 19.2 Å². The molecule has 0 aliphatic carbocycles. The van der Waals surface area contributed by atoms with E-state index >= 15 is 0 Å². The van der Waals surface area contributed by atoms with Gasteiger partial charge in [0.15, 0.2) is 0 Å². The van der Waals surface area contributed by atoms with Crippen molar-refractivity contribution in [2.45, 2.75) is 44.9 Å². The third kappa shape index (κ3) is 2.34. The van der Waals surface area contributed by atoms with Crippen molar-refractivity contribution in [1.82, 2.24) is 10.2 Å². The van der Waals surface area contributed by atoms with Gasteiger partial charge >= 0.3 is 6.09 Å². The van der Waals surface area contributed by atoms with E-state index in [1.165, 1.54) is 0 Å². The number of amides is 2. The topological polar surface area (TPSA) is 58.6 Å². The molecule has 0 aromatic heterocycles. The fraction of sp³-hybridized carbons (Fsp3) is 0.529. The average molecular weight is 302 g/mol. The van der Waals surface area contributed by atoms with Crippen LogP contribution < -0.4 is 5.32 Å². The number of hydrogen-bond donors (Lipinski definition) is 1. The van der Waals surface area contributed by atoms with Crippen LogP contribution in [0.15, 0.2) is 30.3 Å². The molecule has 2 aliphatic heterocycles. The minimum atomic E-state index is -0.440. The van der Waals surface area contributed by atoms with Crippen molar-refractivity contribution >= 4 is 12.0 Å².